The molecule has 2 aliphatic carbocycles. The molecule has 2 aromatic carbocycles. The van der Waals surface area contributed by atoms with Gasteiger partial charge in [-0.2, -0.15) is 8.78 Å². The number of hydrogen-bond donors (Lipinski definition) is 0. The van der Waals surface area contributed by atoms with Crippen molar-refractivity contribution in [2.24, 2.45) is 11.8 Å². The molecule has 196 valence electrons. The minimum atomic E-state index is -3.17. The van der Waals surface area contributed by atoms with E-state index in [-0.39, 0.29) is 13.0 Å². The lowest BCUT2D eigenvalue weighted by molar-refractivity contribution is -0.244. The fourth-order valence-electron chi connectivity index (χ4n) is 6.15. The Kier molecular flexibility index (Phi) is 9.76. The minimum absolute atomic E-state index is 0.0662. The van der Waals surface area contributed by atoms with Crippen LogP contribution in [-0.4, -0.2) is 6.11 Å². The van der Waals surface area contributed by atoms with Crippen LogP contribution in [0.3, 0.4) is 0 Å². The first-order valence-corrected chi connectivity index (χ1v) is 14.2. The molecule has 4 rings (SSSR count). The summed E-state index contributed by atoms with van der Waals surface area (Å²) >= 11 is 0. The van der Waals surface area contributed by atoms with E-state index >= 15 is 0 Å². The van der Waals surface area contributed by atoms with Crippen molar-refractivity contribution >= 4 is 0 Å². The van der Waals surface area contributed by atoms with Gasteiger partial charge in [-0.15, -0.1) is 0 Å². The first kappa shape index (κ1) is 27.0. The molecule has 0 heterocycles. The van der Waals surface area contributed by atoms with Gasteiger partial charge in [0.2, 0.25) is 0 Å². The zero-order chi connectivity index (χ0) is 25.4. The van der Waals surface area contributed by atoms with Crippen LogP contribution < -0.4 is 0 Å². The van der Waals surface area contributed by atoms with E-state index in [9.17, 15) is 8.78 Å². The number of allylic oxidation sites excluding steroid dienone is 2. The molecule has 0 spiro atoms. The van der Waals surface area contributed by atoms with Crippen LogP contribution in [0.4, 0.5) is 8.78 Å². The third-order valence-corrected chi connectivity index (χ3v) is 8.60. The Morgan fingerprint density at radius 3 is 1.86 bits per heavy atom. The van der Waals surface area contributed by atoms with E-state index in [1.807, 2.05) is 36.4 Å². The lowest BCUT2D eigenvalue weighted by Crippen LogP contribution is -2.23. The molecule has 0 amide bonds. The SMILES string of the molecule is C/C=C/CCC1CCC(c2ccc(COC(F)(F)Cc3ccc(C4CCC(C)CC4)cc3)cc2)CC1. The molecule has 2 aliphatic rings. The predicted octanol–water partition coefficient (Wildman–Crippen LogP) is 9.96. The maximum absolute atomic E-state index is 14.6. The summed E-state index contributed by atoms with van der Waals surface area (Å²) in [6, 6.07) is 16.0. The molecular formula is C33H44F2O. The molecule has 0 unspecified atom stereocenters. The van der Waals surface area contributed by atoms with E-state index in [4.69, 9.17) is 4.74 Å². The molecule has 3 heteroatoms. The predicted molar refractivity (Wildman–Crippen MR) is 145 cm³/mol. The van der Waals surface area contributed by atoms with Crippen molar-refractivity contribution in [2.45, 2.75) is 109 Å². The summed E-state index contributed by atoms with van der Waals surface area (Å²) in [7, 11) is 0. The number of alkyl halides is 2. The van der Waals surface area contributed by atoms with Gasteiger partial charge in [-0.25, -0.2) is 0 Å². The molecular weight excluding hydrogens is 450 g/mol. The zero-order valence-electron chi connectivity index (χ0n) is 22.2. The number of benzene rings is 2. The van der Waals surface area contributed by atoms with Crippen molar-refractivity contribution in [2.75, 3.05) is 0 Å². The second-order valence-electron chi connectivity index (χ2n) is 11.4. The van der Waals surface area contributed by atoms with E-state index in [1.54, 1.807) is 0 Å². The molecule has 2 aromatic rings. The van der Waals surface area contributed by atoms with Crippen LogP contribution in [0.1, 0.15) is 112 Å². The van der Waals surface area contributed by atoms with Crippen molar-refractivity contribution in [3.8, 4) is 0 Å². The quantitative estimate of drug-likeness (QED) is 0.299. The Morgan fingerprint density at radius 2 is 1.31 bits per heavy atom. The van der Waals surface area contributed by atoms with E-state index in [2.05, 4.69) is 38.1 Å². The Balaban J connectivity index is 1.22. The van der Waals surface area contributed by atoms with Gasteiger partial charge in [-0.1, -0.05) is 80.4 Å². The second-order valence-corrected chi connectivity index (χ2v) is 11.4. The van der Waals surface area contributed by atoms with Gasteiger partial charge in [0, 0.05) is 0 Å². The van der Waals surface area contributed by atoms with Crippen molar-refractivity contribution in [1.29, 1.82) is 0 Å². The highest BCUT2D eigenvalue weighted by Gasteiger charge is 2.31. The van der Waals surface area contributed by atoms with Crippen LogP contribution in [0, 0.1) is 11.8 Å². The molecule has 2 fully saturated rings. The highest BCUT2D eigenvalue weighted by atomic mass is 19.3. The maximum Gasteiger partial charge on any atom is 0.360 e. The molecule has 36 heavy (non-hydrogen) atoms. The Morgan fingerprint density at radius 1 is 0.778 bits per heavy atom. The summed E-state index contributed by atoms with van der Waals surface area (Å²) in [5.74, 6) is 2.83. The summed E-state index contributed by atoms with van der Waals surface area (Å²) in [5, 5.41) is 0. The Labute approximate surface area is 217 Å². The fourth-order valence-corrected chi connectivity index (χ4v) is 6.15. The third-order valence-electron chi connectivity index (χ3n) is 8.60. The lowest BCUT2D eigenvalue weighted by atomic mass is 9.77. The first-order valence-electron chi connectivity index (χ1n) is 14.2. The van der Waals surface area contributed by atoms with Crippen LogP contribution in [0.2, 0.25) is 0 Å². The average molecular weight is 495 g/mol. The molecule has 0 aliphatic heterocycles. The number of hydrogen-bond acceptors (Lipinski definition) is 1. The molecule has 2 saturated carbocycles. The van der Waals surface area contributed by atoms with Crippen molar-refractivity contribution < 1.29 is 13.5 Å². The van der Waals surface area contributed by atoms with Crippen molar-refractivity contribution in [3.05, 3.63) is 82.9 Å². The van der Waals surface area contributed by atoms with Crippen LogP contribution in [0.5, 0.6) is 0 Å². The largest absolute Gasteiger partial charge is 0.360 e. The van der Waals surface area contributed by atoms with Crippen molar-refractivity contribution in [3.63, 3.8) is 0 Å². The molecule has 0 atom stereocenters. The molecule has 0 N–H and O–H groups in total. The van der Waals surface area contributed by atoms with E-state index in [0.29, 0.717) is 17.4 Å². The zero-order valence-corrected chi connectivity index (χ0v) is 22.2. The van der Waals surface area contributed by atoms with Gasteiger partial charge in [-0.05, 0) is 104 Å². The van der Waals surface area contributed by atoms with Gasteiger partial charge in [0.25, 0.3) is 0 Å². The lowest BCUT2D eigenvalue weighted by Gasteiger charge is -2.28. The van der Waals surface area contributed by atoms with Gasteiger partial charge in [0.1, 0.15) is 0 Å². The average Bonchev–Trinajstić information content (AvgIpc) is 2.89. The standard InChI is InChI=1S/C33H44F2O/c1-3-4-5-6-26-9-17-30(18-10-26)32-21-13-28(14-22-32)24-36-33(34,35)23-27-11-19-31(20-12-27)29-15-7-25(2)8-16-29/h3-4,11-14,19-22,25-26,29-30H,5-10,15-18,23-24H2,1-2H3/b4-3+. The van der Waals surface area contributed by atoms with Gasteiger partial charge < -0.3 is 4.74 Å². The number of ether oxygens (including phenoxy) is 1. The summed E-state index contributed by atoms with van der Waals surface area (Å²) in [6.07, 6.45) is 13.3. The first-order chi connectivity index (χ1) is 17.4. The molecule has 0 radical (unpaired) electrons. The molecule has 1 nitrogen and oxygen atoms in total. The number of rotatable bonds is 10. The fraction of sp³-hybridized carbons (Fsp3) is 0.576. The van der Waals surface area contributed by atoms with Gasteiger partial charge in [-0.3, -0.25) is 0 Å². The monoisotopic (exact) mass is 494 g/mol. The van der Waals surface area contributed by atoms with Crippen LogP contribution in [0.25, 0.3) is 0 Å². The van der Waals surface area contributed by atoms with Crippen molar-refractivity contribution in [1.82, 2.24) is 0 Å². The summed E-state index contributed by atoms with van der Waals surface area (Å²) in [5.41, 5.74) is 4.06. The highest BCUT2D eigenvalue weighted by Crippen LogP contribution is 2.38. The summed E-state index contributed by atoms with van der Waals surface area (Å²) in [6.45, 7) is 4.33. The normalized spacial score (nSPS) is 25.3. The smallest absolute Gasteiger partial charge is 0.315 e. The Hall–Kier alpha value is -2.00. The van der Waals surface area contributed by atoms with E-state index in [0.717, 1.165) is 17.4 Å². The summed E-state index contributed by atoms with van der Waals surface area (Å²) < 4.78 is 34.3. The highest BCUT2D eigenvalue weighted by molar-refractivity contribution is 5.27. The maximum atomic E-state index is 14.6. The van der Waals surface area contributed by atoms with E-state index < -0.39 is 6.11 Å². The summed E-state index contributed by atoms with van der Waals surface area (Å²) in [4.78, 5) is 0. The van der Waals surface area contributed by atoms with Crippen LogP contribution in [-0.2, 0) is 17.8 Å². The topological polar surface area (TPSA) is 9.23 Å². The molecule has 0 bridgehead atoms. The van der Waals surface area contributed by atoms with Crippen LogP contribution >= 0.6 is 0 Å². The van der Waals surface area contributed by atoms with Gasteiger partial charge in [0.15, 0.2) is 0 Å². The van der Waals surface area contributed by atoms with Gasteiger partial charge >= 0.3 is 6.11 Å². The molecule has 0 aromatic heterocycles. The van der Waals surface area contributed by atoms with E-state index in [1.165, 1.54) is 75.3 Å². The minimum Gasteiger partial charge on any atom is -0.315 e. The van der Waals surface area contributed by atoms with Crippen LogP contribution in [0.15, 0.2) is 60.7 Å². The Bertz CT molecular complexity index is 931. The number of halogens is 2. The van der Waals surface area contributed by atoms with Gasteiger partial charge in [0.05, 0.1) is 13.0 Å². The molecule has 0 saturated heterocycles. The third kappa shape index (κ3) is 8.00. The second kappa shape index (κ2) is 13.0.